The summed E-state index contributed by atoms with van der Waals surface area (Å²) in [6, 6.07) is 3.52. The van der Waals surface area contributed by atoms with Gasteiger partial charge in [-0.25, -0.2) is 0 Å². The van der Waals surface area contributed by atoms with E-state index in [9.17, 15) is 4.79 Å². The van der Waals surface area contributed by atoms with Gasteiger partial charge in [-0.2, -0.15) is 0 Å². The van der Waals surface area contributed by atoms with E-state index in [4.69, 9.17) is 16.3 Å². The van der Waals surface area contributed by atoms with Gasteiger partial charge >= 0.3 is 0 Å². The predicted molar refractivity (Wildman–Crippen MR) is 74.6 cm³/mol. The van der Waals surface area contributed by atoms with Gasteiger partial charge in [0.15, 0.2) is 0 Å². The topological polar surface area (TPSA) is 29.5 Å². The smallest absolute Gasteiger partial charge is 0.254 e. The highest BCUT2D eigenvalue weighted by atomic mass is 35.5. The third-order valence-electron chi connectivity index (χ3n) is 2.86. The molecule has 3 nitrogen and oxygen atoms in total. The summed E-state index contributed by atoms with van der Waals surface area (Å²) < 4.78 is 5.41. The molecule has 1 amide bonds. The van der Waals surface area contributed by atoms with Crippen LogP contribution in [0.25, 0.3) is 0 Å². The van der Waals surface area contributed by atoms with Crippen molar-refractivity contribution in [2.45, 2.75) is 27.7 Å². The molecule has 0 spiro atoms. The molecule has 0 aliphatic rings. The number of nitrogens with zero attached hydrogens (tertiary/aromatic N) is 1. The van der Waals surface area contributed by atoms with E-state index in [-0.39, 0.29) is 5.91 Å². The van der Waals surface area contributed by atoms with Gasteiger partial charge in [-0.15, -0.1) is 0 Å². The molecule has 0 aliphatic heterocycles. The van der Waals surface area contributed by atoms with Crippen LogP contribution < -0.4 is 4.74 Å². The van der Waals surface area contributed by atoms with Gasteiger partial charge in [-0.1, -0.05) is 11.6 Å². The van der Waals surface area contributed by atoms with Crippen molar-refractivity contribution in [2.75, 3.05) is 19.7 Å². The number of rotatable bonds is 5. The van der Waals surface area contributed by atoms with Gasteiger partial charge in [0.1, 0.15) is 5.75 Å². The van der Waals surface area contributed by atoms with E-state index in [1.165, 1.54) is 0 Å². The number of hydrogen-bond donors (Lipinski definition) is 0. The Kier molecular flexibility index (Phi) is 5.48. The van der Waals surface area contributed by atoms with Crippen LogP contribution >= 0.6 is 11.6 Å². The Labute approximate surface area is 114 Å². The molecule has 1 rings (SSSR count). The Bertz CT molecular complexity index is 428. The fourth-order valence-electron chi connectivity index (χ4n) is 1.83. The first-order valence-electron chi connectivity index (χ1n) is 6.27. The Balaban J connectivity index is 3.11. The summed E-state index contributed by atoms with van der Waals surface area (Å²) in [5.41, 5.74) is 1.53. The molecular formula is C14H20ClNO2. The van der Waals surface area contributed by atoms with Crippen LogP contribution in [0, 0.1) is 6.92 Å². The summed E-state index contributed by atoms with van der Waals surface area (Å²) >= 11 is 6.12. The molecule has 0 aliphatic carbocycles. The highest BCUT2D eigenvalue weighted by Gasteiger charge is 2.17. The molecule has 0 unspecified atom stereocenters. The Morgan fingerprint density at radius 2 is 1.89 bits per heavy atom. The maximum Gasteiger partial charge on any atom is 0.254 e. The van der Waals surface area contributed by atoms with Gasteiger partial charge in [-0.3, -0.25) is 4.79 Å². The first-order chi connectivity index (χ1) is 8.54. The zero-order chi connectivity index (χ0) is 13.7. The molecule has 0 heterocycles. The normalized spacial score (nSPS) is 10.3. The number of amides is 1. The van der Waals surface area contributed by atoms with E-state index in [2.05, 4.69) is 0 Å². The highest BCUT2D eigenvalue weighted by molar-refractivity contribution is 6.32. The molecule has 0 atom stereocenters. The van der Waals surface area contributed by atoms with Crippen LogP contribution in [0.2, 0.25) is 5.02 Å². The van der Waals surface area contributed by atoms with E-state index in [0.29, 0.717) is 36.0 Å². The molecule has 100 valence electrons. The zero-order valence-electron chi connectivity index (χ0n) is 11.4. The van der Waals surface area contributed by atoms with Gasteiger partial charge in [-0.05, 0) is 45.4 Å². The lowest BCUT2D eigenvalue weighted by Gasteiger charge is -2.20. The number of carbonyl (C=O) groups is 1. The number of benzene rings is 1. The van der Waals surface area contributed by atoms with Crippen LogP contribution in [0.5, 0.6) is 5.75 Å². The van der Waals surface area contributed by atoms with Crippen molar-refractivity contribution in [3.63, 3.8) is 0 Å². The molecule has 0 bridgehead atoms. The molecular weight excluding hydrogens is 250 g/mol. The van der Waals surface area contributed by atoms with Crippen LogP contribution in [0.15, 0.2) is 12.1 Å². The van der Waals surface area contributed by atoms with Crippen molar-refractivity contribution in [3.8, 4) is 5.75 Å². The van der Waals surface area contributed by atoms with Crippen LogP contribution in [0.3, 0.4) is 0 Å². The molecule has 0 aromatic heterocycles. The third kappa shape index (κ3) is 3.16. The van der Waals surface area contributed by atoms with Gasteiger partial charge in [0, 0.05) is 18.7 Å². The van der Waals surface area contributed by atoms with Crippen molar-refractivity contribution < 1.29 is 9.53 Å². The van der Waals surface area contributed by atoms with E-state index >= 15 is 0 Å². The van der Waals surface area contributed by atoms with E-state index in [1.54, 1.807) is 11.0 Å². The number of carbonyl (C=O) groups excluding carboxylic acids is 1. The van der Waals surface area contributed by atoms with Gasteiger partial charge in [0.2, 0.25) is 0 Å². The minimum atomic E-state index is 0.0162. The van der Waals surface area contributed by atoms with Crippen LogP contribution in [-0.2, 0) is 0 Å². The lowest BCUT2D eigenvalue weighted by Crippen LogP contribution is -2.31. The number of ether oxygens (including phenoxy) is 1. The van der Waals surface area contributed by atoms with Crippen LogP contribution in [0.4, 0.5) is 0 Å². The van der Waals surface area contributed by atoms with Crippen molar-refractivity contribution in [1.82, 2.24) is 4.90 Å². The summed E-state index contributed by atoms with van der Waals surface area (Å²) in [7, 11) is 0. The molecule has 0 saturated heterocycles. The molecule has 0 fully saturated rings. The molecule has 0 saturated carbocycles. The van der Waals surface area contributed by atoms with Crippen LogP contribution in [0.1, 0.15) is 36.7 Å². The lowest BCUT2D eigenvalue weighted by molar-refractivity contribution is 0.0772. The SMILES string of the molecule is CCOc1cc(C)c(C(=O)N(CC)CC)cc1Cl. The maximum atomic E-state index is 12.3. The first-order valence-corrected chi connectivity index (χ1v) is 6.65. The van der Waals surface area contributed by atoms with Crippen molar-refractivity contribution >= 4 is 17.5 Å². The Morgan fingerprint density at radius 3 is 2.39 bits per heavy atom. The van der Waals surface area contributed by atoms with E-state index < -0.39 is 0 Å². The molecule has 18 heavy (non-hydrogen) atoms. The fraction of sp³-hybridized carbons (Fsp3) is 0.500. The highest BCUT2D eigenvalue weighted by Crippen LogP contribution is 2.28. The Morgan fingerprint density at radius 1 is 1.28 bits per heavy atom. The quantitative estimate of drug-likeness (QED) is 0.818. The lowest BCUT2D eigenvalue weighted by atomic mass is 10.1. The van der Waals surface area contributed by atoms with Gasteiger partial charge in [0.05, 0.1) is 11.6 Å². The van der Waals surface area contributed by atoms with Crippen molar-refractivity contribution in [1.29, 1.82) is 0 Å². The number of hydrogen-bond acceptors (Lipinski definition) is 2. The summed E-state index contributed by atoms with van der Waals surface area (Å²) in [5.74, 6) is 0.648. The minimum absolute atomic E-state index is 0.0162. The summed E-state index contributed by atoms with van der Waals surface area (Å²) in [4.78, 5) is 14.1. The molecule has 0 radical (unpaired) electrons. The summed E-state index contributed by atoms with van der Waals surface area (Å²) in [6.45, 7) is 9.68. The van der Waals surface area contributed by atoms with Crippen molar-refractivity contribution in [2.24, 2.45) is 0 Å². The zero-order valence-corrected chi connectivity index (χ0v) is 12.2. The van der Waals surface area contributed by atoms with E-state index in [1.807, 2.05) is 33.8 Å². The second kappa shape index (κ2) is 6.64. The average Bonchev–Trinajstić information content (AvgIpc) is 2.35. The summed E-state index contributed by atoms with van der Waals surface area (Å²) in [6.07, 6.45) is 0. The predicted octanol–water partition coefficient (Wildman–Crippen LogP) is 3.53. The summed E-state index contributed by atoms with van der Waals surface area (Å²) in [5, 5.41) is 0.484. The average molecular weight is 270 g/mol. The standard InChI is InChI=1S/C14H20ClNO2/c1-5-16(6-2)14(17)11-9-12(15)13(18-7-3)8-10(11)4/h8-9H,5-7H2,1-4H3. The Hall–Kier alpha value is -1.22. The minimum Gasteiger partial charge on any atom is -0.492 e. The number of halogens is 1. The maximum absolute atomic E-state index is 12.3. The number of aryl methyl sites for hydroxylation is 1. The fourth-order valence-corrected chi connectivity index (χ4v) is 2.05. The second-order valence-electron chi connectivity index (χ2n) is 4.01. The second-order valence-corrected chi connectivity index (χ2v) is 4.42. The van der Waals surface area contributed by atoms with Crippen molar-refractivity contribution in [3.05, 3.63) is 28.3 Å². The molecule has 0 N–H and O–H groups in total. The molecule has 4 heteroatoms. The van der Waals surface area contributed by atoms with Gasteiger partial charge < -0.3 is 9.64 Å². The monoisotopic (exact) mass is 269 g/mol. The largest absolute Gasteiger partial charge is 0.492 e. The molecule has 1 aromatic carbocycles. The van der Waals surface area contributed by atoms with E-state index in [0.717, 1.165) is 5.56 Å². The van der Waals surface area contributed by atoms with Crippen LogP contribution in [-0.4, -0.2) is 30.5 Å². The first kappa shape index (κ1) is 14.8. The molecule has 1 aromatic rings. The van der Waals surface area contributed by atoms with Gasteiger partial charge in [0.25, 0.3) is 5.91 Å². The third-order valence-corrected chi connectivity index (χ3v) is 3.16.